The van der Waals surface area contributed by atoms with Crippen LogP contribution in [0.25, 0.3) is 0 Å². The van der Waals surface area contributed by atoms with Gasteiger partial charge in [-0.3, -0.25) is 9.59 Å². The summed E-state index contributed by atoms with van der Waals surface area (Å²) in [6.45, 7) is 0. The van der Waals surface area contributed by atoms with Crippen molar-refractivity contribution in [2.75, 3.05) is 0 Å². The van der Waals surface area contributed by atoms with Crippen LogP contribution in [-0.2, 0) is 14.3 Å². The van der Waals surface area contributed by atoms with Crippen LogP contribution < -0.4 is 0 Å². The van der Waals surface area contributed by atoms with E-state index in [9.17, 15) is 9.59 Å². The maximum Gasteiger partial charge on any atom is 0.318 e. The summed E-state index contributed by atoms with van der Waals surface area (Å²) in [4.78, 5) is 22.4. The molecule has 2 bridgehead atoms. The second kappa shape index (κ2) is 1.79. The maximum atomic E-state index is 11.2. The first-order valence-corrected chi connectivity index (χ1v) is 4.21. The molecule has 4 atom stereocenters. The Hall–Kier alpha value is -1.12. The van der Waals surface area contributed by atoms with E-state index in [1.54, 1.807) is 0 Å². The standard InChI is InChI=1S/C9H8O3/c10-8-6-4-1-2-5(3-4)7(6)9(11)12-8/h1-2,4-7H,3H2/t4-,5+,6-,7+. The van der Waals surface area contributed by atoms with Crippen molar-refractivity contribution in [3.63, 3.8) is 0 Å². The van der Waals surface area contributed by atoms with Crippen molar-refractivity contribution in [1.29, 1.82) is 0 Å². The fourth-order valence-electron chi connectivity index (χ4n) is 2.70. The first kappa shape index (κ1) is 6.40. The molecule has 2 aliphatic carbocycles. The number of hydrogen-bond donors (Lipinski definition) is 0. The van der Waals surface area contributed by atoms with Gasteiger partial charge >= 0.3 is 11.9 Å². The minimum absolute atomic E-state index is 0.146. The van der Waals surface area contributed by atoms with E-state index in [4.69, 9.17) is 0 Å². The summed E-state index contributed by atoms with van der Waals surface area (Å²) in [6.07, 6.45) is 5.06. The van der Waals surface area contributed by atoms with Crippen LogP contribution in [0.15, 0.2) is 12.2 Å². The monoisotopic (exact) mass is 164 g/mol. The summed E-state index contributed by atoms with van der Waals surface area (Å²) < 4.78 is 4.59. The molecule has 1 aliphatic heterocycles. The molecule has 0 unspecified atom stereocenters. The summed E-state index contributed by atoms with van der Waals surface area (Å²) in [7, 11) is 0. The van der Waals surface area contributed by atoms with Crippen molar-refractivity contribution in [3.8, 4) is 0 Å². The highest BCUT2D eigenvalue weighted by Crippen LogP contribution is 2.51. The number of esters is 2. The van der Waals surface area contributed by atoms with Crippen LogP contribution in [0.2, 0.25) is 0 Å². The molecule has 1 saturated heterocycles. The highest BCUT2D eigenvalue weighted by atomic mass is 16.6. The van der Waals surface area contributed by atoms with Crippen LogP contribution >= 0.6 is 0 Å². The van der Waals surface area contributed by atoms with Crippen LogP contribution in [0.3, 0.4) is 0 Å². The molecule has 3 aliphatic rings. The average molecular weight is 164 g/mol. The van der Waals surface area contributed by atoms with Gasteiger partial charge in [0.1, 0.15) is 0 Å². The molecule has 3 nitrogen and oxygen atoms in total. The summed E-state index contributed by atoms with van der Waals surface area (Å²) in [5.74, 6) is -0.346. The van der Waals surface area contributed by atoms with Crippen LogP contribution in [0.1, 0.15) is 6.42 Å². The highest BCUT2D eigenvalue weighted by Gasteiger charge is 2.57. The zero-order valence-electron chi connectivity index (χ0n) is 6.40. The minimum atomic E-state index is -0.304. The van der Waals surface area contributed by atoms with Crippen molar-refractivity contribution >= 4 is 11.9 Å². The minimum Gasteiger partial charge on any atom is -0.393 e. The second-order valence-electron chi connectivity index (χ2n) is 3.74. The number of cyclic esters (lactones) is 2. The fourth-order valence-corrected chi connectivity index (χ4v) is 2.70. The number of carbonyl (C=O) groups excluding carboxylic acids is 2. The van der Waals surface area contributed by atoms with Crippen LogP contribution in [-0.4, -0.2) is 11.9 Å². The summed E-state index contributed by atoms with van der Waals surface area (Å²) in [5, 5.41) is 0. The molecule has 62 valence electrons. The molecule has 0 aromatic heterocycles. The van der Waals surface area contributed by atoms with Gasteiger partial charge in [0.15, 0.2) is 0 Å². The van der Waals surface area contributed by atoms with E-state index < -0.39 is 0 Å². The first-order chi connectivity index (χ1) is 5.77. The molecule has 1 heterocycles. The van der Waals surface area contributed by atoms with E-state index in [2.05, 4.69) is 4.74 Å². The average Bonchev–Trinajstić information content (AvgIpc) is 2.64. The third kappa shape index (κ3) is 0.543. The lowest BCUT2D eigenvalue weighted by Crippen LogP contribution is -2.21. The first-order valence-electron chi connectivity index (χ1n) is 4.21. The molecule has 0 N–H and O–H groups in total. The second-order valence-corrected chi connectivity index (χ2v) is 3.74. The lowest BCUT2D eigenvalue weighted by Gasteiger charge is -2.12. The van der Waals surface area contributed by atoms with Gasteiger partial charge < -0.3 is 4.74 Å². The van der Waals surface area contributed by atoms with E-state index >= 15 is 0 Å². The normalized spacial score (nSPS) is 48.3. The summed E-state index contributed by atoms with van der Waals surface area (Å²) in [6, 6.07) is 0. The van der Waals surface area contributed by atoms with Crippen molar-refractivity contribution in [2.24, 2.45) is 23.7 Å². The topological polar surface area (TPSA) is 43.4 Å². The maximum absolute atomic E-state index is 11.2. The third-order valence-corrected chi connectivity index (χ3v) is 3.20. The Morgan fingerprint density at radius 3 is 2.08 bits per heavy atom. The van der Waals surface area contributed by atoms with Crippen molar-refractivity contribution in [1.82, 2.24) is 0 Å². The number of rotatable bonds is 0. The van der Waals surface area contributed by atoms with Gasteiger partial charge in [0.05, 0.1) is 11.8 Å². The van der Waals surface area contributed by atoms with Crippen LogP contribution in [0.5, 0.6) is 0 Å². The molecule has 0 aromatic carbocycles. The Balaban J connectivity index is 2.08. The summed E-state index contributed by atoms with van der Waals surface area (Å²) in [5.41, 5.74) is 0. The molecule has 12 heavy (non-hydrogen) atoms. The van der Waals surface area contributed by atoms with Crippen molar-refractivity contribution < 1.29 is 14.3 Å². The van der Waals surface area contributed by atoms with E-state index in [1.165, 1.54) is 0 Å². The van der Waals surface area contributed by atoms with Gasteiger partial charge in [-0.2, -0.15) is 0 Å². The molecule has 0 amide bonds. The Morgan fingerprint density at radius 2 is 1.58 bits per heavy atom. The number of carbonyl (C=O) groups is 2. The molecule has 0 spiro atoms. The van der Waals surface area contributed by atoms with Crippen LogP contribution in [0, 0.1) is 23.7 Å². The van der Waals surface area contributed by atoms with Gasteiger partial charge in [-0.25, -0.2) is 0 Å². The van der Waals surface area contributed by atoms with Gasteiger partial charge in [-0.05, 0) is 18.3 Å². The molecular weight excluding hydrogens is 156 g/mol. The van der Waals surface area contributed by atoms with Gasteiger partial charge in [-0.1, -0.05) is 12.2 Å². The fraction of sp³-hybridized carbons (Fsp3) is 0.556. The Morgan fingerprint density at radius 1 is 1.08 bits per heavy atom. The highest BCUT2D eigenvalue weighted by molar-refractivity contribution is 5.98. The van der Waals surface area contributed by atoms with E-state index in [0.717, 1.165) is 6.42 Å². The van der Waals surface area contributed by atoms with Crippen molar-refractivity contribution in [2.45, 2.75) is 6.42 Å². The van der Waals surface area contributed by atoms with Gasteiger partial charge in [-0.15, -0.1) is 0 Å². The van der Waals surface area contributed by atoms with Crippen molar-refractivity contribution in [3.05, 3.63) is 12.2 Å². The molecular formula is C9H8O3. The number of ether oxygens (including phenoxy) is 1. The summed E-state index contributed by atoms with van der Waals surface area (Å²) >= 11 is 0. The van der Waals surface area contributed by atoms with E-state index in [-0.39, 0.29) is 35.6 Å². The smallest absolute Gasteiger partial charge is 0.318 e. The van der Waals surface area contributed by atoms with Crippen LogP contribution in [0.4, 0.5) is 0 Å². The SMILES string of the molecule is O=C1OC(=O)[C@H]2[C@@H]1[C@H]1C=C[C@@H]2C1. The zero-order valence-corrected chi connectivity index (χ0v) is 6.40. The molecule has 2 fully saturated rings. The number of hydrogen-bond acceptors (Lipinski definition) is 3. The molecule has 0 radical (unpaired) electrons. The molecule has 3 heteroatoms. The van der Waals surface area contributed by atoms with Gasteiger partial charge in [0.25, 0.3) is 0 Å². The third-order valence-electron chi connectivity index (χ3n) is 3.20. The van der Waals surface area contributed by atoms with E-state index in [1.807, 2.05) is 12.2 Å². The van der Waals surface area contributed by atoms with Gasteiger partial charge in [0.2, 0.25) is 0 Å². The Bertz CT molecular complexity index is 277. The Labute approximate surface area is 69.4 Å². The molecule has 3 rings (SSSR count). The van der Waals surface area contributed by atoms with E-state index in [0.29, 0.717) is 0 Å². The largest absolute Gasteiger partial charge is 0.393 e. The molecule has 0 aromatic rings. The quantitative estimate of drug-likeness (QED) is 0.297. The number of fused-ring (bicyclic) bond motifs is 5. The Kier molecular flexibility index (Phi) is 0.953. The lowest BCUT2D eigenvalue weighted by atomic mass is 9.85. The predicted octanol–water partition coefficient (Wildman–Crippen LogP) is 0.508. The number of allylic oxidation sites excluding steroid dienone is 2. The van der Waals surface area contributed by atoms with Gasteiger partial charge in [0, 0.05) is 0 Å². The molecule has 1 saturated carbocycles. The predicted molar refractivity (Wildman–Crippen MR) is 38.8 cm³/mol. The zero-order chi connectivity index (χ0) is 8.29. The lowest BCUT2D eigenvalue weighted by molar-refractivity contribution is -0.154.